The molecule has 0 spiro atoms. The largest absolute Gasteiger partial charge is 0.370 e. The Balaban J connectivity index is 1.70. The van der Waals surface area contributed by atoms with Crippen molar-refractivity contribution in [3.05, 3.63) is 11.9 Å². The zero-order valence-electron chi connectivity index (χ0n) is 12.9. The second-order valence-electron chi connectivity index (χ2n) is 6.52. The van der Waals surface area contributed by atoms with Gasteiger partial charge in [0.05, 0.1) is 0 Å². The van der Waals surface area contributed by atoms with E-state index in [2.05, 4.69) is 41.1 Å². The summed E-state index contributed by atoms with van der Waals surface area (Å²) >= 11 is 0. The standard InChI is InChI=1S/C16H26N4/c1-4-17-15-11(2)16(19-10-18-15)20(3)9-14-8-12-5-6-13(14)7-12/h10,12-14H,4-9H2,1-3H3,(H,17,18,19). The zero-order valence-corrected chi connectivity index (χ0v) is 12.9. The maximum Gasteiger partial charge on any atom is 0.136 e. The number of rotatable bonds is 5. The zero-order chi connectivity index (χ0) is 14.1. The van der Waals surface area contributed by atoms with Gasteiger partial charge in [0.1, 0.15) is 18.0 Å². The first kappa shape index (κ1) is 13.7. The Morgan fingerprint density at radius 1 is 1.30 bits per heavy atom. The smallest absolute Gasteiger partial charge is 0.136 e. The summed E-state index contributed by atoms with van der Waals surface area (Å²) < 4.78 is 0. The number of nitrogens with one attached hydrogen (secondary N) is 1. The summed E-state index contributed by atoms with van der Waals surface area (Å²) in [7, 11) is 2.18. The average molecular weight is 274 g/mol. The van der Waals surface area contributed by atoms with Crippen LogP contribution in [0.25, 0.3) is 0 Å². The molecule has 0 aliphatic heterocycles. The predicted molar refractivity (Wildman–Crippen MR) is 83.1 cm³/mol. The second-order valence-corrected chi connectivity index (χ2v) is 6.52. The summed E-state index contributed by atoms with van der Waals surface area (Å²) in [5.41, 5.74) is 1.17. The van der Waals surface area contributed by atoms with E-state index in [4.69, 9.17) is 0 Å². The van der Waals surface area contributed by atoms with Gasteiger partial charge in [0.15, 0.2) is 0 Å². The van der Waals surface area contributed by atoms with E-state index in [0.717, 1.165) is 42.5 Å². The topological polar surface area (TPSA) is 41.1 Å². The number of fused-ring (bicyclic) bond motifs is 2. The molecule has 2 fully saturated rings. The SMILES string of the molecule is CCNc1ncnc(N(C)CC2CC3CCC2C3)c1C. The molecule has 4 heteroatoms. The minimum absolute atomic E-state index is 0.871. The number of hydrogen-bond acceptors (Lipinski definition) is 4. The van der Waals surface area contributed by atoms with Crippen LogP contribution < -0.4 is 10.2 Å². The molecule has 0 radical (unpaired) electrons. The fourth-order valence-electron chi connectivity index (χ4n) is 4.21. The van der Waals surface area contributed by atoms with Crippen LogP contribution in [0.3, 0.4) is 0 Å². The van der Waals surface area contributed by atoms with Crippen LogP contribution in [0.1, 0.15) is 38.2 Å². The predicted octanol–water partition coefficient (Wildman–Crippen LogP) is 3.09. The van der Waals surface area contributed by atoms with Crippen LogP contribution in [0, 0.1) is 24.7 Å². The molecule has 1 aromatic rings. The van der Waals surface area contributed by atoms with Gasteiger partial charge in [-0.3, -0.25) is 0 Å². The fourth-order valence-corrected chi connectivity index (χ4v) is 4.21. The van der Waals surface area contributed by atoms with Gasteiger partial charge in [-0.05, 0) is 50.9 Å². The Labute approximate surface area is 122 Å². The third-order valence-electron chi connectivity index (χ3n) is 5.16. The quantitative estimate of drug-likeness (QED) is 0.896. The number of aromatic nitrogens is 2. The lowest BCUT2D eigenvalue weighted by molar-refractivity contribution is 0.337. The summed E-state index contributed by atoms with van der Waals surface area (Å²) in [5.74, 6) is 4.91. The molecule has 0 amide bonds. The highest BCUT2D eigenvalue weighted by Crippen LogP contribution is 2.48. The van der Waals surface area contributed by atoms with Gasteiger partial charge in [-0.15, -0.1) is 0 Å². The molecule has 1 aromatic heterocycles. The average Bonchev–Trinajstić information content (AvgIpc) is 3.03. The first-order chi connectivity index (χ1) is 9.69. The summed E-state index contributed by atoms with van der Waals surface area (Å²) in [6.45, 7) is 6.25. The molecular weight excluding hydrogens is 248 g/mol. The van der Waals surface area contributed by atoms with E-state index in [-0.39, 0.29) is 0 Å². The normalized spacial score (nSPS) is 27.9. The molecule has 20 heavy (non-hydrogen) atoms. The number of hydrogen-bond donors (Lipinski definition) is 1. The van der Waals surface area contributed by atoms with Crippen molar-refractivity contribution in [3.8, 4) is 0 Å². The van der Waals surface area contributed by atoms with E-state index in [1.807, 2.05) is 0 Å². The minimum Gasteiger partial charge on any atom is -0.370 e. The maximum absolute atomic E-state index is 4.50. The molecule has 3 rings (SSSR count). The van der Waals surface area contributed by atoms with Crippen molar-refractivity contribution in [1.82, 2.24) is 9.97 Å². The van der Waals surface area contributed by atoms with Crippen LogP contribution in [0.4, 0.5) is 11.6 Å². The van der Waals surface area contributed by atoms with Crippen molar-refractivity contribution in [2.45, 2.75) is 39.5 Å². The van der Waals surface area contributed by atoms with Gasteiger partial charge in [-0.25, -0.2) is 9.97 Å². The van der Waals surface area contributed by atoms with Gasteiger partial charge >= 0.3 is 0 Å². The van der Waals surface area contributed by atoms with Crippen molar-refractivity contribution in [1.29, 1.82) is 0 Å². The lowest BCUT2D eigenvalue weighted by atomic mass is 9.88. The van der Waals surface area contributed by atoms with Gasteiger partial charge < -0.3 is 10.2 Å². The summed E-state index contributed by atoms with van der Waals surface area (Å²) in [6.07, 6.45) is 7.51. The number of anilines is 2. The first-order valence-corrected chi connectivity index (χ1v) is 7.95. The van der Waals surface area contributed by atoms with Gasteiger partial charge in [0.25, 0.3) is 0 Å². The van der Waals surface area contributed by atoms with Crippen LogP contribution in [0.15, 0.2) is 6.33 Å². The highest BCUT2D eigenvalue weighted by atomic mass is 15.2. The number of nitrogens with zero attached hydrogens (tertiary/aromatic N) is 3. The monoisotopic (exact) mass is 274 g/mol. The molecule has 4 nitrogen and oxygen atoms in total. The molecule has 2 saturated carbocycles. The van der Waals surface area contributed by atoms with E-state index in [1.54, 1.807) is 6.33 Å². The van der Waals surface area contributed by atoms with E-state index < -0.39 is 0 Å². The van der Waals surface area contributed by atoms with E-state index in [0.29, 0.717) is 0 Å². The molecule has 2 bridgehead atoms. The van der Waals surface area contributed by atoms with Crippen molar-refractivity contribution in [2.75, 3.05) is 30.4 Å². The van der Waals surface area contributed by atoms with Crippen molar-refractivity contribution in [2.24, 2.45) is 17.8 Å². The van der Waals surface area contributed by atoms with E-state index in [1.165, 1.54) is 31.2 Å². The van der Waals surface area contributed by atoms with Crippen LogP contribution >= 0.6 is 0 Å². The molecule has 0 aromatic carbocycles. The Morgan fingerprint density at radius 3 is 2.80 bits per heavy atom. The molecule has 1 N–H and O–H groups in total. The first-order valence-electron chi connectivity index (χ1n) is 7.95. The van der Waals surface area contributed by atoms with Gasteiger partial charge in [0.2, 0.25) is 0 Å². The van der Waals surface area contributed by atoms with Gasteiger partial charge in [-0.1, -0.05) is 6.42 Å². The van der Waals surface area contributed by atoms with E-state index >= 15 is 0 Å². The maximum atomic E-state index is 4.50. The highest BCUT2D eigenvalue weighted by Gasteiger charge is 2.39. The van der Waals surface area contributed by atoms with Crippen molar-refractivity contribution >= 4 is 11.6 Å². The molecule has 2 aliphatic carbocycles. The minimum atomic E-state index is 0.871. The molecular formula is C16H26N4. The van der Waals surface area contributed by atoms with Crippen LogP contribution in [0.2, 0.25) is 0 Å². The summed E-state index contributed by atoms with van der Waals surface area (Å²) in [4.78, 5) is 11.2. The van der Waals surface area contributed by atoms with Gasteiger partial charge in [0, 0.05) is 25.7 Å². The molecule has 1 heterocycles. The van der Waals surface area contributed by atoms with Crippen LogP contribution in [0.5, 0.6) is 0 Å². The molecule has 0 saturated heterocycles. The molecule has 3 unspecified atom stereocenters. The molecule has 2 aliphatic rings. The molecule has 3 atom stereocenters. The summed E-state index contributed by atoms with van der Waals surface area (Å²) in [6, 6.07) is 0. The Hall–Kier alpha value is -1.32. The van der Waals surface area contributed by atoms with Crippen molar-refractivity contribution in [3.63, 3.8) is 0 Å². The highest BCUT2D eigenvalue weighted by molar-refractivity contribution is 5.57. The Bertz CT molecular complexity index is 474. The Kier molecular flexibility index (Phi) is 3.81. The fraction of sp³-hybridized carbons (Fsp3) is 0.750. The second kappa shape index (κ2) is 5.58. The molecule has 110 valence electrons. The van der Waals surface area contributed by atoms with E-state index in [9.17, 15) is 0 Å². The Morgan fingerprint density at radius 2 is 2.15 bits per heavy atom. The van der Waals surface area contributed by atoms with Gasteiger partial charge in [-0.2, -0.15) is 0 Å². The third kappa shape index (κ3) is 2.48. The summed E-state index contributed by atoms with van der Waals surface area (Å²) in [5, 5.41) is 3.31. The lowest BCUT2D eigenvalue weighted by Gasteiger charge is -2.29. The third-order valence-corrected chi connectivity index (χ3v) is 5.16. The van der Waals surface area contributed by atoms with Crippen molar-refractivity contribution < 1.29 is 0 Å². The van der Waals surface area contributed by atoms with Crippen LogP contribution in [-0.4, -0.2) is 30.1 Å². The van der Waals surface area contributed by atoms with Crippen LogP contribution in [-0.2, 0) is 0 Å². The lowest BCUT2D eigenvalue weighted by Crippen LogP contribution is -2.30.